The molecule has 0 saturated carbocycles. The molecule has 3 rings (SSSR count). The van der Waals surface area contributed by atoms with E-state index in [0.717, 1.165) is 28.0 Å². The number of rotatable bonds is 5. The quantitative estimate of drug-likeness (QED) is 0.719. The predicted molar refractivity (Wildman–Crippen MR) is 103 cm³/mol. The van der Waals surface area contributed by atoms with Gasteiger partial charge in [0.25, 0.3) is 0 Å². The molecule has 0 saturated heterocycles. The molecule has 0 aliphatic heterocycles. The number of nitrogens with zero attached hydrogens (tertiary/aromatic N) is 1. The van der Waals surface area contributed by atoms with Crippen LogP contribution in [0.2, 0.25) is 0 Å². The van der Waals surface area contributed by atoms with Crippen molar-refractivity contribution in [3.8, 4) is 16.9 Å². The van der Waals surface area contributed by atoms with Crippen molar-refractivity contribution in [2.75, 3.05) is 0 Å². The highest BCUT2D eigenvalue weighted by Gasteiger charge is 2.01. The lowest BCUT2D eigenvalue weighted by molar-refractivity contribution is 0.306. The van der Waals surface area contributed by atoms with Gasteiger partial charge in [-0.3, -0.25) is 4.98 Å². The number of nitrogens with two attached hydrogens (primary N) is 1. The molecule has 0 amide bonds. The lowest BCUT2D eigenvalue weighted by Gasteiger charge is -2.08. The van der Waals surface area contributed by atoms with Crippen LogP contribution in [0.15, 0.2) is 73.1 Å². The van der Waals surface area contributed by atoms with Gasteiger partial charge in [0.1, 0.15) is 12.4 Å². The Kier molecular flexibility index (Phi) is 8.27. The maximum atomic E-state index is 5.79. The van der Waals surface area contributed by atoms with E-state index in [1.54, 1.807) is 6.20 Å². The van der Waals surface area contributed by atoms with Crippen molar-refractivity contribution in [1.82, 2.24) is 4.98 Å². The third-order valence-electron chi connectivity index (χ3n) is 3.47. The van der Waals surface area contributed by atoms with Gasteiger partial charge in [-0.15, -0.1) is 24.8 Å². The summed E-state index contributed by atoms with van der Waals surface area (Å²) in [5.74, 6) is 0.857. The number of hydrogen-bond acceptors (Lipinski definition) is 3. The number of hydrogen-bond donors (Lipinski definition) is 1. The van der Waals surface area contributed by atoms with Gasteiger partial charge in [-0.25, -0.2) is 0 Å². The number of benzene rings is 2. The molecular formula is C19H20Cl2N2O. The van der Waals surface area contributed by atoms with Crippen LogP contribution >= 0.6 is 24.8 Å². The molecule has 0 aliphatic carbocycles. The molecule has 0 radical (unpaired) electrons. The SMILES string of the molecule is Cl.Cl.NCc1cncc(-c2ccc(OCc3ccccc3)cc2)c1. The number of aromatic nitrogens is 1. The van der Waals surface area contributed by atoms with E-state index in [2.05, 4.69) is 23.2 Å². The molecule has 24 heavy (non-hydrogen) atoms. The van der Waals surface area contributed by atoms with Crippen LogP contribution < -0.4 is 10.5 Å². The van der Waals surface area contributed by atoms with E-state index in [4.69, 9.17) is 10.5 Å². The van der Waals surface area contributed by atoms with Crippen LogP contribution in [0.5, 0.6) is 5.75 Å². The minimum atomic E-state index is 0. The third-order valence-corrected chi connectivity index (χ3v) is 3.47. The highest BCUT2D eigenvalue weighted by atomic mass is 35.5. The average molecular weight is 363 g/mol. The molecular weight excluding hydrogens is 343 g/mol. The highest BCUT2D eigenvalue weighted by Crippen LogP contribution is 2.23. The zero-order valence-corrected chi connectivity index (χ0v) is 14.7. The van der Waals surface area contributed by atoms with Crippen molar-refractivity contribution in [2.45, 2.75) is 13.2 Å². The molecule has 0 unspecified atom stereocenters. The molecule has 5 heteroatoms. The maximum Gasteiger partial charge on any atom is 0.119 e. The second-order valence-corrected chi connectivity index (χ2v) is 5.08. The summed E-state index contributed by atoms with van der Waals surface area (Å²) in [7, 11) is 0. The predicted octanol–water partition coefficient (Wildman–Crippen LogP) is 4.63. The topological polar surface area (TPSA) is 48.1 Å². The Balaban J connectivity index is 0.00000144. The Morgan fingerprint density at radius 1 is 0.792 bits per heavy atom. The summed E-state index contributed by atoms with van der Waals surface area (Å²) in [5, 5.41) is 0. The first-order valence-electron chi connectivity index (χ1n) is 7.26. The molecule has 0 bridgehead atoms. The monoisotopic (exact) mass is 362 g/mol. The summed E-state index contributed by atoms with van der Waals surface area (Å²) in [6.07, 6.45) is 3.64. The summed E-state index contributed by atoms with van der Waals surface area (Å²) in [6.45, 7) is 1.07. The van der Waals surface area contributed by atoms with Crippen LogP contribution in [0.25, 0.3) is 11.1 Å². The number of ether oxygens (including phenoxy) is 1. The minimum absolute atomic E-state index is 0. The van der Waals surface area contributed by atoms with Gasteiger partial charge in [-0.1, -0.05) is 42.5 Å². The fraction of sp³-hybridized carbons (Fsp3) is 0.105. The van der Waals surface area contributed by atoms with Gasteiger partial charge in [0.05, 0.1) is 0 Å². The van der Waals surface area contributed by atoms with E-state index in [-0.39, 0.29) is 24.8 Å². The lowest BCUT2D eigenvalue weighted by Crippen LogP contribution is -1.97. The first kappa shape index (κ1) is 20.0. The van der Waals surface area contributed by atoms with Crippen molar-refractivity contribution in [2.24, 2.45) is 5.73 Å². The second kappa shape index (κ2) is 9.93. The Morgan fingerprint density at radius 3 is 2.17 bits per heavy atom. The molecule has 2 N–H and O–H groups in total. The molecule has 0 atom stereocenters. The van der Waals surface area contributed by atoms with Crippen LogP contribution in [-0.2, 0) is 13.2 Å². The molecule has 1 aromatic heterocycles. The van der Waals surface area contributed by atoms with Crippen molar-refractivity contribution < 1.29 is 4.74 Å². The van der Waals surface area contributed by atoms with Crippen LogP contribution in [0.1, 0.15) is 11.1 Å². The van der Waals surface area contributed by atoms with Crippen molar-refractivity contribution in [3.05, 3.63) is 84.2 Å². The van der Waals surface area contributed by atoms with Crippen molar-refractivity contribution in [3.63, 3.8) is 0 Å². The van der Waals surface area contributed by atoms with Gasteiger partial charge >= 0.3 is 0 Å². The summed E-state index contributed by atoms with van der Waals surface area (Å²) >= 11 is 0. The van der Waals surface area contributed by atoms with Crippen LogP contribution in [-0.4, -0.2) is 4.98 Å². The molecule has 0 fully saturated rings. The van der Waals surface area contributed by atoms with E-state index in [1.165, 1.54) is 0 Å². The fourth-order valence-corrected chi connectivity index (χ4v) is 2.24. The largest absolute Gasteiger partial charge is 0.489 e. The number of halogens is 2. The zero-order valence-electron chi connectivity index (χ0n) is 13.1. The summed E-state index contributed by atoms with van der Waals surface area (Å²) < 4.78 is 5.79. The molecule has 3 nitrogen and oxygen atoms in total. The summed E-state index contributed by atoms with van der Waals surface area (Å²) in [5.41, 5.74) is 10.0. The zero-order chi connectivity index (χ0) is 15.2. The summed E-state index contributed by atoms with van der Waals surface area (Å²) in [6, 6.07) is 20.2. The van der Waals surface area contributed by atoms with Crippen LogP contribution in [0.4, 0.5) is 0 Å². The normalized spacial score (nSPS) is 9.54. The van der Waals surface area contributed by atoms with Crippen molar-refractivity contribution >= 4 is 24.8 Å². The fourth-order valence-electron chi connectivity index (χ4n) is 2.24. The van der Waals surface area contributed by atoms with Gasteiger partial charge in [-0.2, -0.15) is 0 Å². The highest BCUT2D eigenvalue weighted by molar-refractivity contribution is 5.85. The van der Waals surface area contributed by atoms with Crippen LogP contribution in [0, 0.1) is 0 Å². The summed E-state index contributed by atoms with van der Waals surface area (Å²) in [4.78, 5) is 4.22. The molecule has 2 aromatic carbocycles. The average Bonchev–Trinajstić information content (AvgIpc) is 2.61. The Labute approximate surface area is 154 Å². The standard InChI is InChI=1S/C19H18N2O.2ClH/c20-11-16-10-18(13-21-12-16)17-6-8-19(9-7-17)22-14-15-4-2-1-3-5-15;;/h1-10,12-13H,11,14,20H2;2*1H. The molecule has 126 valence electrons. The molecule has 0 spiro atoms. The smallest absolute Gasteiger partial charge is 0.119 e. The Hall–Kier alpha value is -2.07. The van der Waals surface area contributed by atoms with Crippen molar-refractivity contribution in [1.29, 1.82) is 0 Å². The second-order valence-electron chi connectivity index (χ2n) is 5.08. The Morgan fingerprint density at radius 2 is 1.50 bits per heavy atom. The molecule has 3 aromatic rings. The van der Waals surface area contributed by atoms with Gasteiger partial charge in [0, 0.05) is 24.5 Å². The van der Waals surface area contributed by atoms with Gasteiger partial charge in [-0.05, 0) is 34.9 Å². The first-order chi connectivity index (χ1) is 10.8. The first-order valence-corrected chi connectivity index (χ1v) is 7.26. The maximum absolute atomic E-state index is 5.79. The van der Waals surface area contributed by atoms with E-state index < -0.39 is 0 Å². The van der Waals surface area contributed by atoms with E-state index in [9.17, 15) is 0 Å². The van der Waals surface area contributed by atoms with Crippen LogP contribution in [0.3, 0.4) is 0 Å². The number of pyridine rings is 1. The van der Waals surface area contributed by atoms with E-state index in [1.807, 2.05) is 48.7 Å². The van der Waals surface area contributed by atoms with E-state index >= 15 is 0 Å². The lowest BCUT2D eigenvalue weighted by atomic mass is 10.1. The Bertz CT molecular complexity index is 734. The van der Waals surface area contributed by atoms with E-state index in [0.29, 0.717) is 13.2 Å². The molecule has 1 heterocycles. The molecule has 0 aliphatic rings. The van der Waals surface area contributed by atoms with Gasteiger partial charge < -0.3 is 10.5 Å². The van der Waals surface area contributed by atoms with Gasteiger partial charge in [0.2, 0.25) is 0 Å². The third kappa shape index (κ3) is 5.24. The van der Waals surface area contributed by atoms with Gasteiger partial charge in [0.15, 0.2) is 0 Å². The minimum Gasteiger partial charge on any atom is -0.489 e.